The Morgan fingerprint density at radius 3 is 2.68 bits per heavy atom. The maximum absolute atomic E-state index is 13.8. The molecule has 0 bridgehead atoms. The maximum atomic E-state index is 13.8. The summed E-state index contributed by atoms with van der Waals surface area (Å²) in [5, 5.41) is 10.4. The first-order chi connectivity index (χ1) is 14.5. The van der Waals surface area contributed by atoms with Crippen LogP contribution in [0.1, 0.15) is 24.3 Å². The van der Waals surface area contributed by atoms with Crippen molar-refractivity contribution in [1.82, 2.24) is 25.0 Å². The third kappa shape index (κ3) is 5.31. The molecule has 3 heterocycles. The molecule has 0 aliphatic heterocycles. The van der Waals surface area contributed by atoms with Gasteiger partial charge in [0.2, 0.25) is 16.0 Å². The van der Waals surface area contributed by atoms with Crippen molar-refractivity contribution in [3.05, 3.63) is 47.7 Å². The van der Waals surface area contributed by atoms with Gasteiger partial charge in [-0.25, -0.2) is 27.9 Å². The third-order valence-corrected chi connectivity index (χ3v) is 4.77. The van der Waals surface area contributed by atoms with Gasteiger partial charge in [-0.1, -0.05) is 5.21 Å². The fraction of sp³-hybridized carbons (Fsp3) is 0.278. The summed E-state index contributed by atoms with van der Waals surface area (Å²) in [6.07, 6.45) is 0.592. The molecule has 0 fully saturated rings. The number of rotatable bonds is 6. The molecule has 13 heteroatoms. The Morgan fingerprint density at radius 2 is 2.03 bits per heavy atom. The standard InChI is InChI=1S/C18H20FN7O4S/c1-10-13(24-31(4,28)29)7-8-14(21-10)15-17(26(3)25-23-15)22-18(27)30-11(2)12-6-5-9-20-16(12)19/h5-9,11,24H,1-4H3,(H,22,27). The largest absolute Gasteiger partial charge is 0.441 e. The number of anilines is 2. The second kappa shape index (κ2) is 8.63. The quantitative estimate of drug-likeness (QED) is 0.547. The van der Waals surface area contributed by atoms with E-state index < -0.39 is 28.2 Å². The first-order valence-corrected chi connectivity index (χ1v) is 10.9. The molecular weight excluding hydrogens is 429 g/mol. The van der Waals surface area contributed by atoms with Gasteiger partial charge < -0.3 is 4.74 Å². The van der Waals surface area contributed by atoms with Gasteiger partial charge in [0.1, 0.15) is 6.10 Å². The lowest BCUT2D eigenvalue weighted by Gasteiger charge is -2.15. The summed E-state index contributed by atoms with van der Waals surface area (Å²) in [5.41, 5.74) is 1.45. The number of nitrogens with one attached hydrogen (secondary N) is 2. The van der Waals surface area contributed by atoms with Crippen LogP contribution in [0.3, 0.4) is 0 Å². The predicted molar refractivity (Wildman–Crippen MR) is 110 cm³/mol. The van der Waals surface area contributed by atoms with Crippen molar-refractivity contribution in [1.29, 1.82) is 0 Å². The highest BCUT2D eigenvalue weighted by molar-refractivity contribution is 7.92. The number of carbonyl (C=O) groups excluding carboxylic acids is 1. The summed E-state index contributed by atoms with van der Waals surface area (Å²) < 4.78 is 45.6. The number of aromatic nitrogens is 5. The highest BCUT2D eigenvalue weighted by atomic mass is 32.2. The average molecular weight is 449 g/mol. The molecule has 2 N–H and O–H groups in total. The topological polar surface area (TPSA) is 141 Å². The molecule has 31 heavy (non-hydrogen) atoms. The summed E-state index contributed by atoms with van der Waals surface area (Å²) in [4.78, 5) is 20.2. The van der Waals surface area contributed by atoms with E-state index >= 15 is 0 Å². The van der Waals surface area contributed by atoms with Crippen LogP contribution in [-0.2, 0) is 21.8 Å². The maximum Gasteiger partial charge on any atom is 0.413 e. The Hall–Kier alpha value is -3.61. The molecule has 0 saturated carbocycles. The number of ether oxygens (including phenoxy) is 1. The zero-order valence-electron chi connectivity index (χ0n) is 17.1. The summed E-state index contributed by atoms with van der Waals surface area (Å²) in [5.74, 6) is -0.535. The number of sulfonamides is 1. The summed E-state index contributed by atoms with van der Waals surface area (Å²) in [6, 6.07) is 6.07. The smallest absolute Gasteiger partial charge is 0.413 e. The van der Waals surface area contributed by atoms with E-state index in [0.717, 1.165) is 6.26 Å². The average Bonchev–Trinajstić information content (AvgIpc) is 3.03. The van der Waals surface area contributed by atoms with E-state index in [2.05, 4.69) is 30.3 Å². The number of hydrogen-bond acceptors (Lipinski definition) is 8. The van der Waals surface area contributed by atoms with Gasteiger partial charge in [-0.05, 0) is 38.1 Å². The molecule has 1 amide bonds. The van der Waals surface area contributed by atoms with Crippen LogP contribution in [0, 0.1) is 12.9 Å². The summed E-state index contributed by atoms with van der Waals surface area (Å²) in [6.45, 7) is 3.14. The first kappa shape index (κ1) is 22.1. The second-order valence-corrected chi connectivity index (χ2v) is 8.42. The predicted octanol–water partition coefficient (Wildman–Crippen LogP) is 2.40. The monoisotopic (exact) mass is 449 g/mol. The molecule has 1 unspecified atom stereocenters. The highest BCUT2D eigenvalue weighted by Crippen LogP contribution is 2.27. The van der Waals surface area contributed by atoms with Crippen LogP contribution in [0.15, 0.2) is 30.5 Å². The molecule has 0 saturated heterocycles. The Balaban J connectivity index is 1.80. The molecule has 0 radical (unpaired) electrons. The van der Waals surface area contributed by atoms with Gasteiger partial charge in [0.05, 0.1) is 23.3 Å². The second-order valence-electron chi connectivity index (χ2n) is 6.67. The van der Waals surface area contributed by atoms with Crippen LogP contribution in [0.5, 0.6) is 0 Å². The van der Waals surface area contributed by atoms with E-state index in [0.29, 0.717) is 17.1 Å². The molecular formula is C18H20FN7O4S. The summed E-state index contributed by atoms with van der Waals surface area (Å²) >= 11 is 0. The van der Waals surface area contributed by atoms with Gasteiger partial charge in [0.25, 0.3) is 0 Å². The van der Waals surface area contributed by atoms with E-state index in [9.17, 15) is 17.6 Å². The minimum atomic E-state index is -3.46. The molecule has 3 rings (SSSR count). The molecule has 3 aromatic rings. The van der Waals surface area contributed by atoms with Crippen molar-refractivity contribution >= 4 is 27.6 Å². The normalized spacial score (nSPS) is 12.3. The lowest BCUT2D eigenvalue weighted by Crippen LogP contribution is -2.19. The molecule has 0 aliphatic carbocycles. The number of halogens is 1. The minimum Gasteiger partial charge on any atom is -0.441 e. The van der Waals surface area contributed by atoms with Gasteiger partial charge in [-0.3, -0.25) is 10.0 Å². The van der Waals surface area contributed by atoms with Crippen LogP contribution in [-0.4, -0.2) is 45.7 Å². The SMILES string of the molecule is Cc1nc(-c2nnn(C)c2NC(=O)OC(C)c2cccnc2F)ccc1NS(C)(=O)=O. The number of pyridine rings is 2. The molecule has 0 spiro atoms. The van der Waals surface area contributed by atoms with Crippen LogP contribution in [0.4, 0.5) is 20.7 Å². The highest BCUT2D eigenvalue weighted by Gasteiger charge is 2.21. The third-order valence-electron chi connectivity index (χ3n) is 4.18. The van der Waals surface area contributed by atoms with Crippen LogP contribution in [0.25, 0.3) is 11.4 Å². The van der Waals surface area contributed by atoms with Crippen LogP contribution in [0.2, 0.25) is 0 Å². The van der Waals surface area contributed by atoms with Crippen LogP contribution < -0.4 is 10.0 Å². The number of aryl methyl sites for hydroxylation is 2. The first-order valence-electron chi connectivity index (χ1n) is 8.98. The lowest BCUT2D eigenvalue weighted by atomic mass is 10.2. The van der Waals surface area contributed by atoms with Gasteiger partial charge in [0.15, 0.2) is 11.5 Å². The zero-order valence-corrected chi connectivity index (χ0v) is 17.9. The number of hydrogen-bond donors (Lipinski definition) is 2. The Bertz CT molecular complexity index is 1230. The molecule has 1 atom stereocenters. The van der Waals surface area contributed by atoms with Crippen molar-refractivity contribution in [3.8, 4) is 11.4 Å². The van der Waals surface area contributed by atoms with Gasteiger partial charge in [0, 0.05) is 18.8 Å². The van der Waals surface area contributed by atoms with Gasteiger partial charge >= 0.3 is 6.09 Å². The van der Waals surface area contributed by atoms with Crippen LogP contribution >= 0.6 is 0 Å². The van der Waals surface area contributed by atoms with Crippen molar-refractivity contribution in [3.63, 3.8) is 0 Å². The summed E-state index contributed by atoms with van der Waals surface area (Å²) in [7, 11) is -1.90. The van der Waals surface area contributed by atoms with Crippen molar-refractivity contribution in [2.45, 2.75) is 20.0 Å². The number of amides is 1. The molecule has 0 aliphatic rings. The van der Waals surface area contributed by atoms with E-state index in [-0.39, 0.29) is 17.1 Å². The molecule has 3 aromatic heterocycles. The van der Waals surface area contributed by atoms with E-state index in [1.165, 1.54) is 42.1 Å². The van der Waals surface area contributed by atoms with E-state index in [4.69, 9.17) is 4.74 Å². The van der Waals surface area contributed by atoms with Gasteiger partial charge in [-0.2, -0.15) is 4.39 Å². The molecule has 11 nitrogen and oxygen atoms in total. The van der Waals surface area contributed by atoms with E-state index in [1.807, 2.05) is 0 Å². The fourth-order valence-corrected chi connectivity index (χ4v) is 3.34. The molecule has 164 valence electrons. The van der Waals surface area contributed by atoms with Crippen molar-refractivity contribution < 1.29 is 22.3 Å². The number of nitrogens with zero attached hydrogens (tertiary/aromatic N) is 5. The van der Waals surface area contributed by atoms with Crippen molar-refractivity contribution in [2.24, 2.45) is 7.05 Å². The number of carbonyl (C=O) groups is 1. The van der Waals surface area contributed by atoms with E-state index in [1.54, 1.807) is 14.0 Å². The Labute approximate surface area is 177 Å². The zero-order chi connectivity index (χ0) is 22.8. The molecule has 0 aromatic carbocycles. The van der Waals surface area contributed by atoms with Gasteiger partial charge in [-0.15, -0.1) is 5.10 Å². The Morgan fingerprint density at radius 1 is 1.29 bits per heavy atom. The fourth-order valence-electron chi connectivity index (χ4n) is 2.72. The minimum absolute atomic E-state index is 0.132. The van der Waals surface area contributed by atoms with Crippen molar-refractivity contribution in [2.75, 3.05) is 16.3 Å². The Kier molecular flexibility index (Phi) is 6.15. The lowest BCUT2D eigenvalue weighted by molar-refractivity contribution is 0.118.